The fraction of sp³-hybridized carbons (Fsp3) is 0.571. The van der Waals surface area contributed by atoms with Crippen molar-refractivity contribution in [2.24, 2.45) is 11.7 Å². The number of benzene rings is 1. The maximum Gasteiger partial charge on any atom is 0.127 e. The van der Waals surface area contributed by atoms with E-state index in [0.29, 0.717) is 5.92 Å². The number of methoxy groups -OCH3 is 1. The Morgan fingerprint density at radius 3 is 3.06 bits per heavy atom. The summed E-state index contributed by atoms with van der Waals surface area (Å²) in [6.45, 7) is 3.70. The molecule has 1 aromatic carbocycles. The van der Waals surface area contributed by atoms with Crippen LogP contribution in [0.4, 0.5) is 0 Å². The van der Waals surface area contributed by atoms with Crippen LogP contribution in [0.2, 0.25) is 0 Å². The molecule has 0 bridgehead atoms. The van der Waals surface area contributed by atoms with E-state index in [1.54, 1.807) is 7.11 Å². The summed E-state index contributed by atoms with van der Waals surface area (Å²) in [7, 11) is 1.73. The van der Waals surface area contributed by atoms with E-state index in [2.05, 4.69) is 25.1 Å². The van der Waals surface area contributed by atoms with Gasteiger partial charge in [0.1, 0.15) is 5.75 Å². The molecule has 0 radical (unpaired) electrons. The number of hydrogen-bond acceptors (Lipinski definition) is 3. The number of nitrogens with two attached hydrogens (primary N) is 1. The average molecular weight is 235 g/mol. The van der Waals surface area contributed by atoms with Gasteiger partial charge in [0.25, 0.3) is 0 Å². The third-order valence-corrected chi connectivity index (χ3v) is 3.25. The van der Waals surface area contributed by atoms with Gasteiger partial charge in [0, 0.05) is 31.7 Å². The second kappa shape index (κ2) is 5.52. The van der Waals surface area contributed by atoms with Crippen molar-refractivity contribution in [1.29, 1.82) is 0 Å². The summed E-state index contributed by atoms with van der Waals surface area (Å²) < 4.78 is 10.8. The van der Waals surface area contributed by atoms with E-state index in [4.69, 9.17) is 15.2 Å². The molecule has 3 heteroatoms. The molecule has 0 aliphatic carbocycles. The van der Waals surface area contributed by atoms with E-state index in [1.165, 1.54) is 5.56 Å². The quantitative estimate of drug-likeness (QED) is 0.851. The highest BCUT2D eigenvalue weighted by Crippen LogP contribution is 2.34. The van der Waals surface area contributed by atoms with Gasteiger partial charge >= 0.3 is 0 Å². The molecule has 0 aromatic heterocycles. The van der Waals surface area contributed by atoms with Crippen LogP contribution >= 0.6 is 0 Å². The fourth-order valence-corrected chi connectivity index (χ4v) is 2.45. The molecule has 17 heavy (non-hydrogen) atoms. The lowest BCUT2D eigenvalue weighted by molar-refractivity contribution is 0.152. The Morgan fingerprint density at radius 1 is 1.47 bits per heavy atom. The minimum Gasteiger partial charge on any atom is -0.493 e. The average Bonchev–Trinajstić information content (AvgIpc) is 2.76. The van der Waals surface area contributed by atoms with E-state index in [1.807, 2.05) is 0 Å². The molecule has 1 heterocycles. The highest BCUT2D eigenvalue weighted by molar-refractivity contribution is 5.45. The zero-order valence-electron chi connectivity index (χ0n) is 10.6. The van der Waals surface area contributed by atoms with E-state index in [-0.39, 0.29) is 6.04 Å². The van der Waals surface area contributed by atoms with Gasteiger partial charge < -0.3 is 15.2 Å². The first kappa shape index (κ1) is 12.4. The summed E-state index contributed by atoms with van der Waals surface area (Å²) in [6, 6.07) is 6.31. The normalized spacial score (nSPS) is 17.4. The van der Waals surface area contributed by atoms with Gasteiger partial charge in [-0.05, 0) is 17.9 Å². The molecule has 0 amide bonds. The summed E-state index contributed by atoms with van der Waals surface area (Å²) in [5.74, 6) is 1.48. The first-order valence-electron chi connectivity index (χ1n) is 6.21. The third-order valence-electron chi connectivity index (χ3n) is 3.25. The van der Waals surface area contributed by atoms with E-state index >= 15 is 0 Å². The Balaban J connectivity index is 2.09. The van der Waals surface area contributed by atoms with E-state index < -0.39 is 0 Å². The summed E-state index contributed by atoms with van der Waals surface area (Å²) >= 11 is 0. The lowest BCUT2D eigenvalue weighted by Gasteiger charge is -2.19. The van der Waals surface area contributed by atoms with Crippen LogP contribution in [0.5, 0.6) is 5.75 Å². The third kappa shape index (κ3) is 2.79. The van der Waals surface area contributed by atoms with Crippen molar-refractivity contribution in [2.45, 2.75) is 25.8 Å². The Bertz CT molecular complexity index is 378. The largest absolute Gasteiger partial charge is 0.493 e. The van der Waals surface area contributed by atoms with Crippen LogP contribution < -0.4 is 10.5 Å². The maximum absolute atomic E-state index is 6.26. The topological polar surface area (TPSA) is 44.5 Å². The van der Waals surface area contributed by atoms with Crippen molar-refractivity contribution < 1.29 is 9.47 Å². The van der Waals surface area contributed by atoms with Gasteiger partial charge in [-0.1, -0.05) is 25.1 Å². The smallest absolute Gasteiger partial charge is 0.127 e. The molecule has 0 fully saturated rings. The number of fused-ring (bicyclic) bond motifs is 1. The fourth-order valence-electron chi connectivity index (χ4n) is 2.45. The SMILES string of the molecule is COCC(C)CC(N)c1cccc2c1OCC2. The van der Waals surface area contributed by atoms with E-state index in [0.717, 1.165) is 37.4 Å². The molecule has 94 valence electrons. The predicted molar refractivity (Wildman–Crippen MR) is 68.2 cm³/mol. The number of para-hydroxylation sites is 1. The molecule has 0 spiro atoms. The van der Waals surface area contributed by atoms with Crippen LogP contribution in [-0.2, 0) is 11.2 Å². The Labute approximate surface area is 103 Å². The van der Waals surface area contributed by atoms with Gasteiger partial charge in [0.05, 0.1) is 6.61 Å². The molecule has 3 nitrogen and oxygen atoms in total. The Hall–Kier alpha value is -1.06. The van der Waals surface area contributed by atoms with Crippen molar-refractivity contribution in [2.75, 3.05) is 20.3 Å². The van der Waals surface area contributed by atoms with Crippen molar-refractivity contribution in [1.82, 2.24) is 0 Å². The van der Waals surface area contributed by atoms with E-state index in [9.17, 15) is 0 Å². The number of ether oxygens (including phenoxy) is 2. The zero-order chi connectivity index (χ0) is 12.3. The van der Waals surface area contributed by atoms with Crippen molar-refractivity contribution in [3.05, 3.63) is 29.3 Å². The monoisotopic (exact) mass is 235 g/mol. The minimum absolute atomic E-state index is 0.0354. The van der Waals surface area contributed by atoms with Crippen molar-refractivity contribution in [3.63, 3.8) is 0 Å². The van der Waals surface area contributed by atoms with Gasteiger partial charge in [-0.25, -0.2) is 0 Å². The van der Waals surface area contributed by atoms with Crippen LogP contribution in [0.1, 0.15) is 30.5 Å². The maximum atomic E-state index is 6.26. The molecule has 2 N–H and O–H groups in total. The van der Waals surface area contributed by atoms with Crippen molar-refractivity contribution in [3.8, 4) is 5.75 Å². The highest BCUT2D eigenvalue weighted by Gasteiger charge is 2.21. The summed E-state index contributed by atoms with van der Waals surface area (Å²) in [4.78, 5) is 0. The predicted octanol–water partition coefficient (Wildman–Crippen LogP) is 2.29. The Kier molecular flexibility index (Phi) is 4.02. The lowest BCUT2D eigenvalue weighted by atomic mass is 9.95. The van der Waals surface area contributed by atoms with Crippen LogP contribution in [0.25, 0.3) is 0 Å². The number of rotatable bonds is 5. The second-order valence-corrected chi connectivity index (χ2v) is 4.84. The van der Waals surface area contributed by atoms with Gasteiger partial charge in [-0.2, -0.15) is 0 Å². The zero-order valence-corrected chi connectivity index (χ0v) is 10.6. The second-order valence-electron chi connectivity index (χ2n) is 4.84. The summed E-state index contributed by atoms with van der Waals surface area (Å²) in [5, 5.41) is 0. The highest BCUT2D eigenvalue weighted by atomic mass is 16.5. The molecular weight excluding hydrogens is 214 g/mol. The van der Waals surface area contributed by atoms with Gasteiger partial charge in [-0.15, -0.1) is 0 Å². The minimum atomic E-state index is 0.0354. The molecule has 2 unspecified atom stereocenters. The first-order chi connectivity index (χ1) is 8.22. The van der Waals surface area contributed by atoms with Crippen LogP contribution in [0.3, 0.4) is 0 Å². The standard InChI is InChI=1S/C14H21NO2/c1-10(9-16-2)8-13(15)12-5-3-4-11-6-7-17-14(11)12/h3-5,10,13H,6-9,15H2,1-2H3. The summed E-state index contributed by atoms with van der Waals surface area (Å²) in [5.41, 5.74) is 8.69. The molecule has 2 rings (SSSR count). The molecule has 1 aliphatic heterocycles. The first-order valence-corrected chi connectivity index (χ1v) is 6.21. The van der Waals surface area contributed by atoms with Crippen LogP contribution in [0.15, 0.2) is 18.2 Å². The van der Waals surface area contributed by atoms with Crippen molar-refractivity contribution >= 4 is 0 Å². The van der Waals surface area contributed by atoms with Crippen LogP contribution in [-0.4, -0.2) is 20.3 Å². The van der Waals surface area contributed by atoms with Gasteiger partial charge in [0.15, 0.2) is 0 Å². The Morgan fingerprint density at radius 2 is 2.29 bits per heavy atom. The molecule has 0 saturated heterocycles. The molecular formula is C14H21NO2. The molecule has 0 saturated carbocycles. The molecule has 1 aliphatic rings. The molecule has 1 aromatic rings. The number of hydrogen-bond donors (Lipinski definition) is 1. The van der Waals surface area contributed by atoms with Crippen LogP contribution in [0, 0.1) is 5.92 Å². The summed E-state index contributed by atoms with van der Waals surface area (Å²) in [6.07, 6.45) is 1.93. The van der Waals surface area contributed by atoms with Gasteiger partial charge in [0.2, 0.25) is 0 Å². The van der Waals surface area contributed by atoms with Gasteiger partial charge in [-0.3, -0.25) is 0 Å². The molecule has 2 atom stereocenters. The lowest BCUT2D eigenvalue weighted by Crippen LogP contribution is -2.17.